The number of aliphatic hydroxyl groups excluding tert-OH is 14. The third kappa shape index (κ3) is 10.8. The highest BCUT2D eigenvalue weighted by Crippen LogP contribution is 2.76. The molecule has 31 atom stereocenters. The van der Waals surface area contributed by atoms with Gasteiger partial charge in [0, 0.05) is 11.0 Å². The highest BCUT2D eigenvalue weighted by Gasteiger charge is 2.75. The number of hydrogen-bond acceptors (Lipinski definition) is 25. The fraction of sp³-hybridized carbons (Fsp3) is 0.898. The van der Waals surface area contributed by atoms with Crippen LogP contribution in [0.4, 0.5) is 0 Å². The predicted molar refractivity (Wildman–Crippen MR) is 289 cm³/mol. The van der Waals surface area contributed by atoms with E-state index < -0.39 is 217 Å². The zero-order chi connectivity index (χ0) is 62.7. The van der Waals surface area contributed by atoms with Crippen molar-refractivity contribution in [2.45, 2.75) is 261 Å². The summed E-state index contributed by atoms with van der Waals surface area (Å²) in [6.45, 7) is 16.9. The number of rotatable bonds is 14. The van der Waals surface area contributed by atoms with E-state index in [-0.39, 0.29) is 18.3 Å². The second kappa shape index (κ2) is 24.3. The summed E-state index contributed by atoms with van der Waals surface area (Å²) in [5, 5.41) is 168. The van der Waals surface area contributed by atoms with Gasteiger partial charge in [0.15, 0.2) is 31.3 Å². The van der Waals surface area contributed by atoms with Crippen LogP contribution in [0, 0.1) is 50.2 Å². The van der Waals surface area contributed by atoms with Gasteiger partial charge in [0.25, 0.3) is 0 Å². The standard InChI is InChI=1S/C59H94O26/c1-11-23(2)49(76)80-32-19-54(4,5)18-26-25-12-13-30-56(8)16-15-31(55(6,7)29(56)14-17-57(30,9)58(25,10)46(72)47(73)59(26,32)22-62)81-53-45(85-51-39(69)36(66)34(64)27(20-60)78-51)43(41(71)44(84-53)48(74)75)83-52-40(70)37(67)42(28(21-61)79-52)82-50-38(68)35(65)33(63)24(3)77-50/h11-12,24,26-47,50-53,60-73H,13-22H2,1-10H3,(H,74,75)/b23-11-/t24-,26-,27+,28+,29+,30+,31-,32-,33-,34+,35+,36-,37+,38+,39+,40+,41-,42-,43-,44-,45+,46-,47+,50-,51-,52-,53+,56-,57+,58-,59+/m0/s1. The van der Waals surface area contributed by atoms with Crippen LogP contribution < -0.4 is 0 Å². The molecule has 4 heterocycles. The van der Waals surface area contributed by atoms with Gasteiger partial charge >= 0.3 is 11.9 Å². The van der Waals surface area contributed by atoms with E-state index in [2.05, 4.69) is 33.8 Å². The highest BCUT2D eigenvalue weighted by atomic mass is 16.8. The Morgan fingerprint density at radius 1 is 0.612 bits per heavy atom. The number of carboxylic acid groups (broad SMARTS) is 1. The first-order valence-corrected chi connectivity index (χ1v) is 30.0. The second-order valence-corrected chi connectivity index (χ2v) is 27.9. The van der Waals surface area contributed by atoms with Gasteiger partial charge in [-0.2, -0.15) is 0 Å². The summed E-state index contributed by atoms with van der Waals surface area (Å²) in [5.41, 5.74) is -3.53. The number of aliphatic hydroxyl groups is 14. The van der Waals surface area contributed by atoms with Crippen LogP contribution in [0.25, 0.3) is 0 Å². The van der Waals surface area contributed by atoms with E-state index in [1.54, 1.807) is 19.9 Å². The average Bonchev–Trinajstić information content (AvgIpc) is 0.673. The van der Waals surface area contributed by atoms with Crippen LogP contribution in [0.1, 0.15) is 114 Å². The highest BCUT2D eigenvalue weighted by molar-refractivity contribution is 5.87. The summed E-state index contributed by atoms with van der Waals surface area (Å²) in [6.07, 6.45) is -34.9. The number of carbonyl (C=O) groups is 2. The number of aliphatic carboxylic acids is 1. The Morgan fingerprint density at radius 3 is 1.79 bits per heavy atom. The summed E-state index contributed by atoms with van der Waals surface area (Å²) < 4.78 is 54.7. The van der Waals surface area contributed by atoms with Gasteiger partial charge in [-0.05, 0) is 105 Å². The van der Waals surface area contributed by atoms with E-state index in [0.717, 1.165) is 5.57 Å². The Bertz CT molecular complexity index is 2460. The lowest BCUT2D eigenvalue weighted by molar-refractivity contribution is -0.401. The van der Waals surface area contributed by atoms with Crippen molar-refractivity contribution < 1.29 is 129 Å². The minimum absolute atomic E-state index is 0.121. The summed E-state index contributed by atoms with van der Waals surface area (Å²) in [7, 11) is 0. The van der Waals surface area contributed by atoms with Gasteiger partial charge < -0.3 is 119 Å². The monoisotopic (exact) mass is 1220 g/mol. The molecule has 0 aromatic carbocycles. The van der Waals surface area contributed by atoms with Crippen LogP contribution >= 0.6 is 0 Å². The van der Waals surface area contributed by atoms with Crippen LogP contribution in [-0.4, -0.2) is 256 Å². The Balaban J connectivity index is 1.02. The Hall–Kier alpha value is -2.46. The molecular weight excluding hydrogens is 1120 g/mol. The normalized spacial score (nSPS) is 52.4. The van der Waals surface area contributed by atoms with Crippen molar-refractivity contribution in [3.63, 3.8) is 0 Å². The molecule has 4 saturated heterocycles. The van der Waals surface area contributed by atoms with Crippen molar-refractivity contribution in [1.29, 1.82) is 0 Å². The summed E-state index contributed by atoms with van der Waals surface area (Å²) >= 11 is 0. The van der Waals surface area contributed by atoms with Crippen molar-refractivity contribution in [1.82, 2.24) is 0 Å². The van der Waals surface area contributed by atoms with Gasteiger partial charge in [-0.3, -0.25) is 0 Å². The summed E-state index contributed by atoms with van der Waals surface area (Å²) in [5.74, 6) is -3.04. The van der Waals surface area contributed by atoms with Crippen molar-refractivity contribution in [2.24, 2.45) is 50.2 Å². The van der Waals surface area contributed by atoms with E-state index >= 15 is 0 Å². The lowest BCUT2D eigenvalue weighted by Gasteiger charge is -2.73. The molecule has 0 spiro atoms. The number of ether oxygens (including phenoxy) is 9. The number of carboxylic acids is 1. The first-order chi connectivity index (χ1) is 39.7. The fourth-order valence-electron chi connectivity index (χ4n) is 17.4. The molecular formula is C59H94O26. The van der Waals surface area contributed by atoms with Gasteiger partial charge in [0.1, 0.15) is 91.6 Å². The van der Waals surface area contributed by atoms with Gasteiger partial charge in [-0.15, -0.1) is 0 Å². The lowest BCUT2D eigenvalue weighted by atomic mass is 9.32. The zero-order valence-electron chi connectivity index (χ0n) is 50.0. The molecule has 9 aliphatic rings. The lowest BCUT2D eigenvalue weighted by Crippen LogP contribution is -2.74. The maximum absolute atomic E-state index is 13.5. The molecule has 0 radical (unpaired) electrons. The predicted octanol–water partition coefficient (Wildman–Crippen LogP) is -2.01. The quantitative estimate of drug-likeness (QED) is 0.0387. The average molecular weight is 1220 g/mol. The van der Waals surface area contributed by atoms with Crippen molar-refractivity contribution in [3.05, 3.63) is 23.3 Å². The maximum atomic E-state index is 13.5. The third-order valence-electron chi connectivity index (χ3n) is 22.6. The SMILES string of the molecule is C/C=C(/C)C(=O)O[C@H]1CC(C)(C)C[C@H]2C3=CC[C@@H]4[C@@]5(C)CC[C@H](O[C@@H]6O[C@H](C(=O)O)[C@@H](O)[C@H](O[C@@H]7O[C@H](CO)[C@H](O[C@@H]8O[C@@H](C)[C@H](O)[C@@H](O)[C@H]8O)[C@H](O)[C@H]7O)[C@H]6O[C@@H]6O[C@H](CO)[C@@H](O)[C@H](O)[C@H]6O)C(C)(C)[C@H]5CC[C@@]4(C)[C@]3(C)[C@@H](O)[C@@H](O)[C@@]12CO. The molecule has 0 aromatic heterocycles. The molecule has 5 aliphatic carbocycles. The topological polar surface area (TPSA) is 421 Å². The summed E-state index contributed by atoms with van der Waals surface area (Å²) in [6, 6.07) is 0. The number of esters is 1. The molecule has 4 saturated carbocycles. The number of fused-ring (bicyclic) bond motifs is 7. The molecule has 8 fully saturated rings. The van der Waals surface area contributed by atoms with Gasteiger partial charge in [0.2, 0.25) is 0 Å². The molecule has 26 heteroatoms. The van der Waals surface area contributed by atoms with E-state index in [4.69, 9.17) is 42.6 Å². The Labute approximate surface area is 494 Å². The minimum atomic E-state index is -2.26. The van der Waals surface area contributed by atoms with E-state index in [1.807, 2.05) is 20.8 Å². The molecule has 0 aromatic rings. The number of hydrogen-bond donors (Lipinski definition) is 15. The summed E-state index contributed by atoms with van der Waals surface area (Å²) in [4.78, 5) is 26.6. The van der Waals surface area contributed by atoms with Crippen LogP contribution in [-0.2, 0) is 52.2 Å². The van der Waals surface area contributed by atoms with Gasteiger partial charge in [-0.1, -0.05) is 66.2 Å². The largest absolute Gasteiger partial charge is 0.479 e. The number of allylic oxidation sites excluding steroid dienone is 2. The first-order valence-electron chi connectivity index (χ1n) is 30.0. The molecule has 15 N–H and O–H groups in total. The maximum Gasteiger partial charge on any atom is 0.335 e. The Morgan fingerprint density at radius 2 is 1.19 bits per heavy atom. The van der Waals surface area contributed by atoms with E-state index in [0.29, 0.717) is 44.1 Å². The van der Waals surface area contributed by atoms with Crippen LogP contribution in [0.3, 0.4) is 0 Å². The molecule has 9 rings (SSSR count). The second-order valence-electron chi connectivity index (χ2n) is 27.9. The van der Waals surface area contributed by atoms with Crippen LogP contribution in [0.2, 0.25) is 0 Å². The van der Waals surface area contributed by atoms with Gasteiger partial charge in [-0.25, -0.2) is 9.59 Å². The van der Waals surface area contributed by atoms with Crippen LogP contribution in [0.15, 0.2) is 23.3 Å². The molecule has 85 heavy (non-hydrogen) atoms. The minimum Gasteiger partial charge on any atom is -0.479 e. The molecule has 486 valence electrons. The molecule has 4 aliphatic heterocycles. The molecule has 26 nitrogen and oxygen atoms in total. The third-order valence-corrected chi connectivity index (χ3v) is 22.6. The van der Waals surface area contributed by atoms with Crippen molar-refractivity contribution in [2.75, 3.05) is 19.8 Å². The molecule has 0 amide bonds. The van der Waals surface area contributed by atoms with Crippen molar-refractivity contribution in [3.8, 4) is 0 Å². The van der Waals surface area contributed by atoms with Crippen LogP contribution in [0.5, 0.6) is 0 Å². The Kier molecular flexibility index (Phi) is 19.1. The van der Waals surface area contributed by atoms with E-state index in [1.165, 1.54) is 6.92 Å². The van der Waals surface area contributed by atoms with E-state index in [9.17, 15) is 86.2 Å². The fourth-order valence-corrected chi connectivity index (χ4v) is 17.4. The molecule has 0 bridgehead atoms. The van der Waals surface area contributed by atoms with Crippen molar-refractivity contribution >= 4 is 11.9 Å². The van der Waals surface area contributed by atoms with Gasteiger partial charge in [0.05, 0.1) is 49.7 Å². The zero-order valence-corrected chi connectivity index (χ0v) is 50.0. The number of carbonyl (C=O) groups excluding carboxylic acids is 1. The first kappa shape index (κ1) is 66.9. The smallest absolute Gasteiger partial charge is 0.335 e. The molecule has 0 unspecified atom stereocenters.